The van der Waals surface area contributed by atoms with Crippen LogP contribution < -0.4 is 5.73 Å². The zero-order chi connectivity index (χ0) is 14.0. The summed E-state index contributed by atoms with van der Waals surface area (Å²) in [5, 5.41) is 11.5. The van der Waals surface area contributed by atoms with Gasteiger partial charge in [-0.15, -0.1) is 0 Å². The van der Waals surface area contributed by atoms with Crippen LogP contribution in [0.4, 0.5) is 4.39 Å². The first kappa shape index (κ1) is 13.6. The standard InChI is InChI=1S/C12H13ClFN3O2/c13-8-6-7(3-4-9(8)14)12(18)17-5-1-2-10(17)11(15)16-19/h3-4,6,10,19H,1-2,5H2,(H2,15,16). The Morgan fingerprint density at radius 1 is 1.58 bits per heavy atom. The third kappa shape index (κ3) is 2.63. The number of likely N-dealkylation sites (tertiary alicyclic amines) is 1. The van der Waals surface area contributed by atoms with Crippen LogP contribution >= 0.6 is 11.6 Å². The number of rotatable bonds is 2. The Morgan fingerprint density at radius 3 is 2.95 bits per heavy atom. The lowest BCUT2D eigenvalue weighted by Crippen LogP contribution is -2.43. The van der Waals surface area contributed by atoms with Crippen LogP contribution in [-0.2, 0) is 0 Å². The molecule has 3 N–H and O–H groups in total. The van der Waals surface area contributed by atoms with Gasteiger partial charge in [0, 0.05) is 12.1 Å². The van der Waals surface area contributed by atoms with Gasteiger partial charge in [0.25, 0.3) is 5.91 Å². The summed E-state index contributed by atoms with van der Waals surface area (Å²) in [7, 11) is 0. The first-order valence-corrected chi connectivity index (χ1v) is 6.16. The maximum atomic E-state index is 13.1. The minimum atomic E-state index is -0.576. The van der Waals surface area contributed by atoms with Gasteiger partial charge in [0.1, 0.15) is 5.82 Å². The molecule has 102 valence electrons. The second-order valence-corrected chi connectivity index (χ2v) is 4.72. The summed E-state index contributed by atoms with van der Waals surface area (Å²) < 4.78 is 13.1. The first-order valence-electron chi connectivity index (χ1n) is 5.78. The smallest absolute Gasteiger partial charge is 0.254 e. The van der Waals surface area contributed by atoms with Crippen LogP contribution in [0.2, 0.25) is 5.02 Å². The van der Waals surface area contributed by atoms with Crippen LogP contribution in [0.1, 0.15) is 23.2 Å². The van der Waals surface area contributed by atoms with Crippen molar-refractivity contribution in [2.24, 2.45) is 10.9 Å². The van der Waals surface area contributed by atoms with E-state index in [0.29, 0.717) is 13.0 Å². The highest BCUT2D eigenvalue weighted by molar-refractivity contribution is 6.31. The van der Waals surface area contributed by atoms with Crippen LogP contribution in [0.25, 0.3) is 0 Å². The summed E-state index contributed by atoms with van der Waals surface area (Å²) in [6.45, 7) is 0.509. The molecule has 0 aliphatic carbocycles. The highest BCUT2D eigenvalue weighted by Crippen LogP contribution is 2.22. The second-order valence-electron chi connectivity index (χ2n) is 4.31. The summed E-state index contributed by atoms with van der Waals surface area (Å²) in [5.41, 5.74) is 5.84. The molecular weight excluding hydrogens is 273 g/mol. The molecule has 0 spiro atoms. The van der Waals surface area contributed by atoms with E-state index >= 15 is 0 Å². The van der Waals surface area contributed by atoms with Gasteiger partial charge in [-0.3, -0.25) is 4.79 Å². The molecule has 1 aromatic rings. The van der Waals surface area contributed by atoms with Crippen molar-refractivity contribution in [3.63, 3.8) is 0 Å². The summed E-state index contributed by atoms with van der Waals surface area (Å²) in [6.07, 6.45) is 1.40. The fraction of sp³-hybridized carbons (Fsp3) is 0.333. The number of amides is 1. The lowest BCUT2D eigenvalue weighted by atomic mass is 10.1. The van der Waals surface area contributed by atoms with Crippen LogP contribution in [0, 0.1) is 5.82 Å². The quantitative estimate of drug-likeness (QED) is 0.376. The van der Waals surface area contributed by atoms with Gasteiger partial charge >= 0.3 is 0 Å². The molecule has 2 rings (SSSR count). The molecule has 19 heavy (non-hydrogen) atoms. The molecule has 7 heteroatoms. The monoisotopic (exact) mass is 285 g/mol. The third-order valence-electron chi connectivity index (χ3n) is 3.14. The lowest BCUT2D eigenvalue weighted by Gasteiger charge is -2.23. The molecule has 1 atom stereocenters. The highest BCUT2D eigenvalue weighted by atomic mass is 35.5. The Labute approximate surface area is 114 Å². The number of oxime groups is 1. The number of carbonyl (C=O) groups excluding carboxylic acids is 1. The van der Waals surface area contributed by atoms with Crippen LogP contribution in [0.15, 0.2) is 23.4 Å². The van der Waals surface area contributed by atoms with Gasteiger partial charge in [-0.05, 0) is 31.0 Å². The van der Waals surface area contributed by atoms with Gasteiger partial charge in [-0.2, -0.15) is 0 Å². The fourth-order valence-electron chi connectivity index (χ4n) is 2.18. The molecule has 5 nitrogen and oxygen atoms in total. The molecule has 1 amide bonds. The van der Waals surface area contributed by atoms with Crippen molar-refractivity contribution in [3.05, 3.63) is 34.6 Å². The maximum Gasteiger partial charge on any atom is 0.254 e. The van der Waals surface area contributed by atoms with Crippen molar-refractivity contribution in [3.8, 4) is 0 Å². The van der Waals surface area contributed by atoms with Gasteiger partial charge in [0.05, 0.1) is 11.1 Å². The second kappa shape index (κ2) is 5.44. The number of amidine groups is 1. The van der Waals surface area contributed by atoms with Crippen molar-refractivity contribution >= 4 is 23.3 Å². The van der Waals surface area contributed by atoms with Crippen LogP contribution in [0.5, 0.6) is 0 Å². The predicted octanol–water partition coefficient (Wildman–Crippen LogP) is 1.83. The predicted molar refractivity (Wildman–Crippen MR) is 68.9 cm³/mol. The largest absolute Gasteiger partial charge is 0.409 e. The van der Waals surface area contributed by atoms with Gasteiger partial charge in [0.15, 0.2) is 5.84 Å². The Bertz CT molecular complexity index is 536. The maximum absolute atomic E-state index is 13.1. The zero-order valence-corrected chi connectivity index (χ0v) is 10.8. The van der Waals surface area contributed by atoms with Crippen molar-refractivity contribution in [2.45, 2.75) is 18.9 Å². The molecule has 1 fully saturated rings. The van der Waals surface area contributed by atoms with Crippen molar-refractivity contribution < 1.29 is 14.4 Å². The molecule has 1 aliphatic heterocycles. The number of nitrogens with two attached hydrogens (primary N) is 1. The summed E-state index contributed by atoms with van der Waals surface area (Å²) in [4.78, 5) is 13.8. The average molecular weight is 286 g/mol. The molecule has 1 aliphatic rings. The third-order valence-corrected chi connectivity index (χ3v) is 3.43. The Balaban J connectivity index is 2.25. The van der Waals surface area contributed by atoms with E-state index in [1.165, 1.54) is 17.0 Å². The summed E-state index contributed by atoms with van der Waals surface area (Å²) in [5.74, 6) is -0.886. The summed E-state index contributed by atoms with van der Waals surface area (Å²) >= 11 is 5.66. The average Bonchev–Trinajstić information content (AvgIpc) is 2.89. The number of carbonyl (C=O) groups is 1. The van der Waals surface area contributed by atoms with Gasteiger partial charge in [0.2, 0.25) is 0 Å². The van der Waals surface area contributed by atoms with E-state index in [2.05, 4.69) is 5.16 Å². The molecule has 0 bridgehead atoms. The van der Waals surface area contributed by atoms with Crippen molar-refractivity contribution in [2.75, 3.05) is 6.54 Å². The number of benzene rings is 1. The molecule has 1 aromatic carbocycles. The van der Waals surface area contributed by atoms with E-state index in [4.69, 9.17) is 22.5 Å². The molecule has 1 unspecified atom stereocenters. The lowest BCUT2D eigenvalue weighted by molar-refractivity contribution is 0.0768. The van der Waals surface area contributed by atoms with Crippen LogP contribution in [-0.4, -0.2) is 34.4 Å². The SMILES string of the molecule is N/C(=N/O)C1CCCN1C(=O)c1ccc(F)c(Cl)c1. The van der Waals surface area contributed by atoms with E-state index in [-0.39, 0.29) is 22.3 Å². The number of nitrogens with zero attached hydrogens (tertiary/aromatic N) is 2. The van der Waals surface area contributed by atoms with Crippen molar-refractivity contribution in [1.82, 2.24) is 4.90 Å². The fourth-order valence-corrected chi connectivity index (χ4v) is 2.36. The Hall–Kier alpha value is -1.82. The topological polar surface area (TPSA) is 78.9 Å². The normalized spacial score (nSPS) is 19.8. The molecule has 1 saturated heterocycles. The van der Waals surface area contributed by atoms with E-state index < -0.39 is 11.9 Å². The molecule has 1 heterocycles. The van der Waals surface area contributed by atoms with Crippen LogP contribution in [0.3, 0.4) is 0 Å². The van der Waals surface area contributed by atoms with Gasteiger partial charge in [-0.25, -0.2) is 4.39 Å². The van der Waals surface area contributed by atoms with Gasteiger partial charge < -0.3 is 15.8 Å². The van der Waals surface area contributed by atoms with Gasteiger partial charge in [-0.1, -0.05) is 16.8 Å². The minimum Gasteiger partial charge on any atom is -0.409 e. The van der Waals surface area contributed by atoms with E-state index in [1.807, 2.05) is 0 Å². The van der Waals surface area contributed by atoms with E-state index in [1.54, 1.807) is 0 Å². The Kier molecular flexibility index (Phi) is 3.90. The minimum absolute atomic E-state index is 0.000872. The zero-order valence-electron chi connectivity index (χ0n) is 10.0. The number of halogens is 2. The first-order chi connectivity index (χ1) is 9.04. The molecular formula is C12H13ClFN3O2. The number of hydrogen-bond donors (Lipinski definition) is 2. The summed E-state index contributed by atoms with van der Waals surface area (Å²) in [6, 6.07) is 3.36. The molecule has 0 radical (unpaired) electrons. The number of hydrogen-bond acceptors (Lipinski definition) is 3. The Morgan fingerprint density at radius 2 is 2.32 bits per heavy atom. The van der Waals surface area contributed by atoms with E-state index in [0.717, 1.165) is 12.5 Å². The highest BCUT2D eigenvalue weighted by Gasteiger charge is 2.32. The molecule has 0 aromatic heterocycles. The molecule has 0 saturated carbocycles. The van der Waals surface area contributed by atoms with Crippen molar-refractivity contribution in [1.29, 1.82) is 0 Å². The van der Waals surface area contributed by atoms with E-state index in [9.17, 15) is 9.18 Å².